The number of hydrogen-bond acceptors (Lipinski definition) is 6. The number of ether oxygens (including phenoxy) is 2. The van der Waals surface area contributed by atoms with E-state index in [1.807, 2.05) is 0 Å². The quantitative estimate of drug-likeness (QED) is 0.725. The Morgan fingerprint density at radius 3 is 2.67 bits per heavy atom. The predicted molar refractivity (Wildman–Crippen MR) is 80.9 cm³/mol. The fourth-order valence-corrected chi connectivity index (χ4v) is 3.75. The van der Waals surface area contributed by atoms with Crippen LogP contribution in [0.5, 0.6) is 0 Å². The van der Waals surface area contributed by atoms with Crippen LogP contribution in [-0.4, -0.2) is 64.8 Å². The molecule has 8 heteroatoms. The summed E-state index contributed by atoms with van der Waals surface area (Å²) >= 11 is 0. The molecule has 0 aliphatic heterocycles. The molecular formula is C13H23N3O4S. The second kappa shape index (κ2) is 8.28. The highest BCUT2D eigenvalue weighted by Crippen LogP contribution is 2.24. The third-order valence-corrected chi connectivity index (χ3v) is 5.10. The number of methoxy groups -OCH3 is 2. The van der Waals surface area contributed by atoms with Gasteiger partial charge in [-0.1, -0.05) is 0 Å². The van der Waals surface area contributed by atoms with Gasteiger partial charge in [0.2, 0.25) is 10.0 Å². The Morgan fingerprint density at radius 2 is 2.10 bits per heavy atom. The number of sulfonamides is 1. The maximum absolute atomic E-state index is 12.9. The second-order valence-corrected chi connectivity index (χ2v) is 6.39. The SMILES string of the molecule is CNc1ccncc1S(=O)(=O)N(CCOC)C(C)COC. The molecule has 0 aliphatic carbocycles. The first-order chi connectivity index (χ1) is 9.98. The number of hydrogen-bond donors (Lipinski definition) is 1. The van der Waals surface area contributed by atoms with E-state index in [0.29, 0.717) is 18.9 Å². The average molecular weight is 317 g/mol. The molecule has 0 amide bonds. The lowest BCUT2D eigenvalue weighted by Crippen LogP contribution is -2.43. The van der Waals surface area contributed by atoms with E-state index in [1.165, 1.54) is 17.6 Å². The highest BCUT2D eigenvalue weighted by molar-refractivity contribution is 7.89. The Morgan fingerprint density at radius 1 is 1.38 bits per heavy atom. The monoisotopic (exact) mass is 317 g/mol. The van der Waals surface area contributed by atoms with Gasteiger partial charge in [0.25, 0.3) is 0 Å². The van der Waals surface area contributed by atoms with Crippen molar-refractivity contribution in [1.82, 2.24) is 9.29 Å². The second-order valence-electron chi connectivity index (χ2n) is 4.53. The Hall–Kier alpha value is -1.22. The van der Waals surface area contributed by atoms with Crippen molar-refractivity contribution in [2.24, 2.45) is 0 Å². The standard InChI is InChI=1S/C13H23N3O4S/c1-11(10-20-4)16(7-8-19-3)21(17,18)13-9-15-6-5-12(13)14-2/h5-6,9,11H,7-8,10H2,1-4H3,(H,14,15). The van der Waals surface area contributed by atoms with Crippen molar-refractivity contribution in [1.29, 1.82) is 0 Å². The van der Waals surface area contributed by atoms with Gasteiger partial charge in [0.05, 0.1) is 18.9 Å². The van der Waals surface area contributed by atoms with Gasteiger partial charge in [-0.15, -0.1) is 0 Å². The summed E-state index contributed by atoms with van der Waals surface area (Å²) in [6.45, 7) is 2.66. The number of rotatable bonds is 9. The van der Waals surface area contributed by atoms with E-state index in [2.05, 4.69) is 10.3 Å². The van der Waals surface area contributed by atoms with Gasteiger partial charge >= 0.3 is 0 Å². The molecule has 1 aromatic rings. The molecule has 1 heterocycles. The fraction of sp³-hybridized carbons (Fsp3) is 0.615. The topological polar surface area (TPSA) is 80.8 Å². The summed E-state index contributed by atoms with van der Waals surface area (Å²) in [5.74, 6) is 0. The Labute approximate surface area is 126 Å². The molecule has 0 radical (unpaired) electrons. The van der Waals surface area contributed by atoms with Crippen LogP contribution >= 0.6 is 0 Å². The van der Waals surface area contributed by atoms with Gasteiger partial charge in [0.1, 0.15) is 4.90 Å². The zero-order chi connectivity index (χ0) is 15.9. The minimum atomic E-state index is -3.69. The number of aromatic nitrogens is 1. The first-order valence-electron chi connectivity index (χ1n) is 6.60. The van der Waals surface area contributed by atoms with Crippen LogP contribution in [0.3, 0.4) is 0 Å². The third kappa shape index (κ3) is 4.37. The van der Waals surface area contributed by atoms with Crippen LogP contribution in [0.1, 0.15) is 6.92 Å². The van der Waals surface area contributed by atoms with Crippen molar-refractivity contribution in [3.05, 3.63) is 18.5 Å². The lowest BCUT2D eigenvalue weighted by atomic mass is 10.3. The molecule has 1 unspecified atom stereocenters. The Bertz CT molecular complexity index is 536. The molecule has 1 aromatic heterocycles. The van der Waals surface area contributed by atoms with E-state index in [0.717, 1.165) is 0 Å². The van der Waals surface area contributed by atoms with E-state index in [1.54, 1.807) is 33.3 Å². The summed E-state index contributed by atoms with van der Waals surface area (Å²) in [7, 11) is 1.06. The van der Waals surface area contributed by atoms with Gasteiger partial charge in [0, 0.05) is 46.2 Å². The molecule has 120 valence electrons. The maximum Gasteiger partial charge on any atom is 0.247 e. The van der Waals surface area contributed by atoms with Gasteiger partial charge in [-0.25, -0.2) is 8.42 Å². The van der Waals surface area contributed by atoms with Gasteiger partial charge in [0.15, 0.2) is 0 Å². The van der Waals surface area contributed by atoms with Crippen LogP contribution in [0.2, 0.25) is 0 Å². The lowest BCUT2D eigenvalue weighted by molar-refractivity contribution is 0.119. The van der Waals surface area contributed by atoms with E-state index in [4.69, 9.17) is 9.47 Å². The maximum atomic E-state index is 12.9. The van der Waals surface area contributed by atoms with Crippen LogP contribution in [0.4, 0.5) is 5.69 Å². The summed E-state index contributed by atoms with van der Waals surface area (Å²) in [6.07, 6.45) is 2.89. The van der Waals surface area contributed by atoms with Crippen molar-refractivity contribution in [2.75, 3.05) is 46.3 Å². The smallest absolute Gasteiger partial charge is 0.247 e. The number of nitrogens with zero attached hydrogens (tertiary/aromatic N) is 2. The minimum Gasteiger partial charge on any atom is -0.387 e. The number of anilines is 1. The molecule has 0 spiro atoms. The first-order valence-corrected chi connectivity index (χ1v) is 8.04. The van der Waals surface area contributed by atoms with Crippen LogP contribution in [0.15, 0.2) is 23.4 Å². The molecule has 0 aromatic carbocycles. The summed E-state index contributed by atoms with van der Waals surface area (Å²) in [6, 6.07) is 1.32. The molecule has 7 nitrogen and oxygen atoms in total. The van der Waals surface area contributed by atoms with Crippen molar-refractivity contribution in [3.8, 4) is 0 Å². The van der Waals surface area contributed by atoms with Gasteiger partial charge in [-0.2, -0.15) is 4.31 Å². The highest BCUT2D eigenvalue weighted by atomic mass is 32.2. The molecule has 1 atom stereocenters. The lowest BCUT2D eigenvalue weighted by Gasteiger charge is -2.28. The minimum absolute atomic E-state index is 0.145. The Kier molecular flexibility index (Phi) is 7.03. The number of nitrogens with one attached hydrogen (secondary N) is 1. The molecular weight excluding hydrogens is 294 g/mol. The van der Waals surface area contributed by atoms with Crippen LogP contribution in [-0.2, 0) is 19.5 Å². The molecule has 21 heavy (non-hydrogen) atoms. The normalized spacial score (nSPS) is 13.4. The van der Waals surface area contributed by atoms with Crippen molar-refractivity contribution in [3.63, 3.8) is 0 Å². The van der Waals surface area contributed by atoms with E-state index in [-0.39, 0.29) is 17.5 Å². The van der Waals surface area contributed by atoms with Crippen LogP contribution in [0.25, 0.3) is 0 Å². The third-order valence-electron chi connectivity index (χ3n) is 3.06. The summed E-state index contributed by atoms with van der Waals surface area (Å²) < 4.78 is 37.2. The van der Waals surface area contributed by atoms with Gasteiger partial charge in [-0.3, -0.25) is 4.98 Å². The zero-order valence-electron chi connectivity index (χ0n) is 12.9. The molecule has 1 rings (SSSR count). The van der Waals surface area contributed by atoms with Crippen molar-refractivity contribution < 1.29 is 17.9 Å². The number of pyridine rings is 1. The average Bonchev–Trinajstić information content (AvgIpc) is 2.47. The summed E-state index contributed by atoms with van der Waals surface area (Å²) in [5, 5.41) is 2.88. The first kappa shape index (κ1) is 17.8. The molecule has 0 aliphatic rings. The van der Waals surface area contributed by atoms with Crippen molar-refractivity contribution in [2.45, 2.75) is 17.9 Å². The Balaban J connectivity index is 3.19. The largest absolute Gasteiger partial charge is 0.387 e. The van der Waals surface area contributed by atoms with Gasteiger partial charge < -0.3 is 14.8 Å². The summed E-state index contributed by atoms with van der Waals surface area (Å²) in [5.41, 5.74) is 0.511. The van der Waals surface area contributed by atoms with Crippen LogP contribution < -0.4 is 5.32 Å². The molecule has 0 bridgehead atoms. The van der Waals surface area contributed by atoms with E-state index in [9.17, 15) is 8.42 Å². The van der Waals surface area contributed by atoms with Gasteiger partial charge in [-0.05, 0) is 13.0 Å². The molecule has 0 saturated heterocycles. The van der Waals surface area contributed by atoms with Crippen molar-refractivity contribution >= 4 is 15.7 Å². The molecule has 1 N–H and O–H groups in total. The highest BCUT2D eigenvalue weighted by Gasteiger charge is 2.30. The summed E-state index contributed by atoms with van der Waals surface area (Å²) in [4.78, 5) is 4.06. The fourth-order valence-electron chi connectivity index (χ4n) is 2.00. The molecule has 0 fully saturated rings. The zero-order valence-corrected chi connectivity index (χ0v) is 13.7. The van der Waals surface area contributed by atoms with E-state index < -0.39 is 10.0 Å². The predicted octanol–water partition coefficient (Wildman–Crippen LogP) is 0.795. The van der Waals surface area contributed by atoms with Crippen LogP contribution in [0, 0.1) is 0 Å². The molecule has 0 saturated carbocycles. The van der Waals surface area contributed by atoms with E-state index >= 15 is 0 Å².